The predicted molar refractivity (Wildman–Crippen MR) is 85.6 cm³/mol. The zero-order valence-corrected chi connectivity index (χ0v) is 11.9. The van der Waals surface area contributed by atoms with Crippen LogP contribution in [0, 0.1) is 0 Å². The summed E-state index contributed by atoms with van der Waals surface area (Å²) >= 11 is 0. The fourth-order valence-electron chi connectivity index (χ4n) is 2.00. The van der Waals surface area contributed by atoms with E-state index < -0.39 is 0 Å². The first-order chi connectivity index (χ1) is 9.38. The molecule has 0 radical (unpaired) electrons. The van der Waals surface area contributed by atoms with E-state index in [1.807, 2.05) is 6.08 Å². The zero-order valence-electron chi connectivity index (χ0n) is 11.9. The highest BCUT2D eigenvalue weighted by Crippen LogP contribution is 2.19. The summed E-state index contributed by atoms with van der Waals surface area (Å²) in [5, 5.41) is 0. The maximum atomic E-state index is 5.30. The standard InChI is InChI=1S/C18H25N/c1-2-12-17(18-14-9-7-10-15-18)13-8-5-3-4-6-11-16-19/h5,7-12,14-16H,2-4,6,13,19H2,1H3. The van der Waals surface area contributed by atoms with Crippen molar-refractivity contribution >= 4 is 5.57 Å². The van der Waals surface area contributed by atoms with Crippen molar-refractivity contribution in [3.63, 3.8) is 0 Å². The van der Waals surface area contributed by atoms with Gasteiger partial charge in [-0.2, -0.15) is 0 Å². The van der Waals surface area contributed by atoms with Gasteiger partial charge in [0.1, 0.15) is 0 Å². The van der Waals surface area contributed by atoms with Gasteiger partial charge in [0.2, 0.25) is 0 Å². The molecule has 2 N–H and O–H groups in total. The molecule has 0 aromatic heterocycles. The van der Waals surface area contributed by atoms with Crippen LogP contribution in [0.25, 0.3) is 5.57 Å². The highest BCUT2D eigenvalue weighted by molar-refractivity contribution is 5.66. The molecule has 1 nitrogen and oxygen atoms in total. The van der Waals surface area contributed by atoms with E-state index in [1.165, 1.54) is 17.6 Å². The fourth-order valence-corrected chi connectivity index (χ4v) is 2.00. The molecular formula is C18H25N. The van der Waals surface area contributed by atoms with Crippen LogP contribution in [0.15, 0.2) is 60.8 Å². The summed E-state index contributed by atoms with van der Waals surface area (Å²) in [7, 11) is 0. The minimum absolute atomic E-state index is 1.02. The van der Waals surface area contributed by atoms with Crippen LogP contribution in [0.4, 0.5) is 0 Å². The van der Waals surface area contributed by atoms with Gasteiger partial charge in [0.05, 0.1) is 0 Å². The third kappa shape index (κ3) is 6.66. The Morgan fingerprint density at radius 2 is 1.79 bits per heavy atom. The molecule has 0 unspecified atom stereocenters. The molecule has 0 aliphatic carbocycles. The molecule has 19 heavy (non-hydrogen) atoms. The lowest BCUT2D eigenvalue weighted by Crippen LogP contribution is -1.83. The number of rotatable bonds is 8. The molecule has 0 bridgehead atoms. The summed E-state index contributed by atoms with van der Waals surface area (Å²) in [6.45, 7) is 2.19. The van der Waals surface area contributed by atoms with E-state index in [0.717, 1.165) is 25.7 Å². The Morgan fingerprint density at radius 1 is 1.05 bits per heavy atom. The highest BCUT2D eigenvalue weighted by atomic mass is 14.5. The van der Waals surface area contributed by atoms with Crippen molar-refractivity contribution in [1.82, 2.24) is 0 Å². The molecule has 1 rings (SSSR count). The van der Waals surface area contributed by atoms with Crippen LogP contribution in [0.2, 0.25) is 0 Å². The van der Waals surface area contributed by atoms with Gasteiger partial charge in [-0.25, -0.2) is 0 Å². The Morgan fingerprint density at radius 3 is 2.47 bits per heavy atom. The number of benzene rings is 1. The van der Waals surface area contributed by atoms with Gasteiger partial charge in [0, 0.05) is 0 Å². The van der Waals surface area contributed by atoms with Crippen molar-refractivity contribution in [2.45, 2.75) is 39.0 Å². The minimum Gasteiger partial charge on any atom is -0.405 e. The Labute approximate surface area is 117 Å². The van der Waals surface area contributed by atoms with Crippen molar-refractivity contribution in [1.29, 1.82) is 0 Å². The molecule has 0 atom stereocenters. The van der Waals surface area contributed by atoms with Crippen molar-refractivity contribution < 1.29 is 0 Å². The molecule has 1 aromatic rings. The van der Waals surface area contributed by atoms with Crippen LogP contribution in [0.3, 0.4) is 0 Å². The van der Waals surface area contributed by atoms with Gasteiger partial charge in [-0.15, -0.1) is 0 Å². The third-order valence-corrected chi connectivity index (χ3v) is 2.98. The molecule has 0 saturated carbocycles. The quantitative estimate of drug-likeness (QED) is 0.509. The van der Waals surface area contributed by atoms with Crippen LogP contribution in [-0.2, 0) is 0 Å². The van der Waals surface area contributed by atoms with Crippen LogP contribution in [-0.4, -0.2) is 0 Å². The van der Waals surface area contributed by atoms with E-state index in [-0.39, 0.29) is 0 Å². The lowest BCUT2D eigenvalue weighted by molar-refractivity contribution is 0.864. The molecule has 0 heterocycles. The summed E-state index contributed by atoms with van der Waals surface area (Å²) in [6, 6.07) is 10.6. The Balaban J connectivity index is 2.43. The van der Waals surface area contributed by atoms with Gasteiger partial charge in [-0.05, 0) is 49.4 Å². The Hall–Kier alpha value is -1.76. The smallest absolute Gasteiger partial charge is 0.00947 e. The SMILES string of the molecule is CCC=C(CC=CCCCC=CN)c1ccccc1. The summed E-state index contributed by atoms with van der Waals surface area (Å²) < 4.78 is 0. The molecular weight excluding hydrogens is 230 g/mol. The van der Waals surface area contributed by atoms with Gasteiger partial charge in [-0.3, -0.25) is 0 Å². The first kappa shape index (κ1) is 15.3. The van der Waals surface area contributed by atoms with E-state index >= 15 is 0 Å². The van der Waals surface area contributed by atoms with E-state index in [2.05, 4.69) is 55.5 Å². The molecule has 0 amide bonds. The monoisotopic (exact) mass is 255 g/mol. The van der Waals surface area contributed by atoms with Gasteiger partial charge in [0.25, 0.3) is 0 Å². The fraction of sp³-hybridized carbons (Fsp3) is 0.333. The third-order valence-electron chi connectivity index (χ3n) is 2.98. The lowest BCUT2D eigenvalue weighted by Gasteiger charge is -2.04. The summed E-state index contributed by atoms with van der Waals surface area (Å²) in [5.74, 6) is 0. The van der Waals surface area contributed by atoms with Crippen LogP contribution in [0.1, 0.15) is 44.6 Å². The van der Waals surface area contributed by atoms with Crippen LogP contribution in [0.5, 0.6) is 0 Å². The largest absolute Gasteiger partial charge is 0.405 e. The molecule has 102 valence electrons. The van der Waals surface area contributed by atoms with Crippen molar-refractivity contribution in [2.75, 3.05) is 0 Å². The van der Waals surface area contributed by atoms with Crippen molar-refractivity contribution in [3.05, 3.63) is 66.4 Å². The number of hydrogen-bond acceptors (Lipinski definition) is 1. The average molecular weight is 255 g/mol. The molecule has 1 heteroatoms. The Bertz CT molecular complexity index is 413. The van der Waals surface area contributed by atoms with E-state index in [4.69, 9.17) is 5.73 Å². The second kappa shape index (κ2) is 10.2. The lowest BCUT2D eigenvalue weighted by atomic mass is 10.0. The molecule has 0 aliphatic rings. The number of nitrogens with two attached hydrogens (primary N) is 1. The van der Waals surface area contributed by atoms with Gasteiger partial charge >= 0.3 is 0 Å². The van der Waals surface area contributed by atoms with E-state index in [9.17, 15) is 0 Å². The topological polar surface area (TPSA) is 26.0 Å². The van der Waals surface area contributed by atoms with E-state index in [1.54, 1.807) is 6.20 Å². The first-order valence-electron chi connectivity index (χ1n) is 7.14. The molecule has 1 aromatic carbocycles. The van der Waals surface area contributed by atoms with E-state index in [0.29, 0.717) is 0 Å². The van der Waals surface area contributed by atoms with Gasteiger partial charge in [-0.1, -0.05) is 61.6 Å². The first-order valence-corrected chi connectivity index (χ1v) is 7.14. The minimum atomic E-state index is 1.02. The normalized spacial score (nSPS) is 12.6. The summed E-state index contributed by atoms with van der Waals surface area (Å²) in [5.41, 5.74) is 8.05. The molecule has 0 fully saturated rings. The second-order valence-electron chi connectivity index (χ2n) is 4.54. The maximum absolute atomic E-state index is 5.30. The number of unbranched alkanes of at least 4 members (excludes halogenated alkanes) is 2. The second-order valence-corrected chi connectivity index (χ2v) is 4.54. The molecule has 0 aliphatic heterocycles. The average Bonchev–Trinajstić information content (AvgIpc) is 2.46. The Kier molecular flexibility index (Phi) is 8.20. The maximum Gasteiger partial charge on any atom is -0.00947 e. The molecule has 0 spiro atoms. The molecule has 0 saturated heterocycles. The highest BCUT2D eigenvalue weighted by Gasteiger charge is 1.97. The number of allylic oxidation sites excluding steroid dienone is 5. The van der Waals surface area contributed by atoms with Crippen LogP contribution < -0.4 is 5.73 Å². The zero-order chi connectivity index (χ0) is 13.8. The van der Waals surface area contributed by atoms with Gasteiger partial charge in [0.15, 0.2) is 0 Å². The summed E-state index contributed by atoms with van der Waals surface area (Å²) in [6.07, 6.45) is 16.0. The number of hydrogen-bond donors (Lipinski definition) is 1. The van der Waals surface area contributed by atoms with Crippen LogP contribution >= 0.6 is 0 Å². The van der Waals surface area contributed by atoms with Gasteiger partial charge < -0.3 is 5.73 Å². The van der Waals surface area contributed by atoms with Crippen molar-refractivity contribution in [2.24, 2.45) is 5.73 Å². The van der Waals surface area contributed by atoms with Crippen molar-refractivity contribution in [3.8, 4) is 0 Å². The summed E-state index contributed by atoms with van der Waals surface area (Å²) in [4.78, 5) is 0. The predicted octanol–water partition coefficient (Wildman–Crippen LogP) is 5.07.